The number of carbonyl (C=O) groups is 2. The number of anilines is 1. The van der Waals surface area contributed by atoms with E-state index in [2.05, 4.69) is 9.88 Å². The average molecular weight is 493 g/mol. The van der Waals surface area contributed by atoms with Crippen LogP contribution in [0.4, 0.5) is 5.82 Å². The van der Waals surface area contributed by atoms with Crippen molar-refractivity contribution in [3.8, 4) is 0 Å². The molecule has 0 radical (unpaired) electrons. The van der Waals surface area contributed by atoms with Crippen molar-refractivity contribution in [1.29, 1.82) is 0 Å². The Morgan fingerprint density at radius 1 is 1.09 bits per heavy atom. The van der Waals surface area contributed by atoms with Gasteiger partial charge in [0.05, 0.1) is 23.8 Å². The van der Waals surface area contributed by atoms with Crippen LogP contribution in [0, 0.1) is 0 Å². The Morgan fingerprint density at radius 2 is 1.79 bits per heavy atom. The Bertz CT molecular complexity index is 1010. The number of esters is 1. The molecule has 176 valence electrons. The summed E-state index contributed by atoms with van der Waals surface area (Å²) >= 11 is 12.0. The minimum Gasteiger partial charge on any atom is -0.462 e. The Kier molecular flexibility index (Phi) is 7.38. The number of amides is 1. The molecule has 0 saturated carbocycles. The second-order valence-electron chi connectivity index (χ2n) is 8.12. The van der Waals surface area contributed by atoms with E-state index >= 15 is 0 Å². The maximum Gasteiger partial charge on any atom is 0.341 e. The van der Waals surface area contributed by atoms with E-state index in [9.17, 15) is 14.7 Å². The number of hydrogen-bond acceptors (Lipinski definition) is 7. The fourth-order valence-electron chi connectivity index (χ4n) is 4.38. The summed E-state index contributed by atoms with van der Waals surface area (Å²) in [6.07, 6.45) is 0.893. The number of nitrogens with zero attached hydrogens (tertiary/aromatic N) is 4. The highest BCUT2D eigenvalue weighted by atomic mass is 35.5. The number of aromatic nitrogens is 1. The van der Waals surface area contributed by atoms with Gasteiger partial charge in [0.2, 0.25) is 0 Å². The molecule has 1 aromatic heterocycles. The third kappa shape index (κ3) is 5.24. The lowest BCUT2D eigenvalue weighted by atomic mass is 10.1. The highest BCUT2D eigenvalue weighted by Gasteiger charge is 2.39. The third-order valence-electron chi connectivity index (χ3n) is 6.05. The molecule has 2 atom stereocenters. The van der Waals surface area contributed by atoms with Crippen LogP contribution in [0.25, 0.3) is 0 Å². The second-order valence-corrected chi connectivity index (χ2v) is 8.99. The number of ether oxygens (including phenoxy) is 1. The number of likely N-dealkylation sites (tertiary alicyclic amines) is 1. The molecule has 33 heavy (non-hydrogen) atoms. The molecule has 3 heterocycles. The Morgan fingerprint density at radius 3 is 2.45 bits per heavy atom. The molecule has 0 spiro atoms. The summed E-state index contributed by atoms with van der Waals surface area (Å²) in [6, 6.07) is 8.20. The van der Waals surface area contributed by atoms with Crippen LogP contribution in [0.2, 0.25) is 10.0 Å². The van der Waals surface area contributed by atoms with E-state index in [4.69, 9.17) is 27.9 Å². The largest absolute Gasteiger partial charge is 0.462 e. The third-order valence-corrected chi connectivity index (χ3v) is 6.51. The molecular weight excluding hydrogens is 467 g/mol. The monoisotopic (exact) mass is 492 g/mol. The van der Waals surface area contributed by atoms with Crippen LogP contribution in [0.1, 0.15) is 27.6 Å². The molecule has 1 N–H and O–H groups in total. The standard InChI is InChI=1S/C23H26Cl2N4O4/c1-2-33-23(32)18-11-17(25)12-26-21(18)28-9-7-27(8-10-28)19-13-29(14-20(19)30)22(31)15-3-5-16(24)6-4-15/h3-6,11-12,19-20,30H,2,7-10,13-14H2,1H3. The molecule has 10 heteroatoms. The smallest absolute Gasteiger partial charge is 0.341 e. The number of rotatable bonds is 5. The summed E-state index contributed by atoms with van der Waals surface area (Å²) < 4.78 is 5.16. The first-order valence-electron chi connectivity index (χ1n) is 10.9. The lowest BCUT2D eigenvalue weighted by Gasteiger charge is -2.39. The van der Waals surface area contributed by atoms with Gasteiger partial charge in [0.1, 0.15) is 11.4 Å². The van der Waals surface area contributed by atoms with Crippen LogP contribution in [-0.4, -0.2) is 89.8 Å². The molecule has 0 aliphatic carbocycles. The van der Waals surface area contributed by atoms with Crippen molar-refractivity contribution in [1.82, 2.24) is 14.8 Å². The maximum absolute atomic E-state index is 12.8. The van der Waals surface area contributed by atoms with Crippen molar-refractivity contribution in [2.75, 3.05) is 50.8 Å². The normalized spacial score (nSPS) is 21.3. The van der Waals surface area contributed by atoms with E-state index < -0.39 is 12.1 Å². The number of piperazine rings is 1. The van der Waals surface area contributed by atoms with Gasteiger partial charge in [-0.25, -0.2) is 9.78 Å². The maximum atomic E-state index is 12.8. The fourth-order valence-corrected chi connectivity index (χ4v) is 4.66. The highest BCUT2D eigenvalue weighted by molar-refractivity contribution is 6.31. The van der Waals surface area contributed by atoms with E-state index in [1.807, 2.05) is 4.90 Å². The van der Waals surface area contributed by atoms with Crippen molar-refractivity contribution in [3.63, 3.8) is 0 Å². The van der Waals surface area contributed by atoms with Gasteiger partial charge in [-0.2, -0.15) is 0 Å². The van der Waals surface area contributed by atoms with Gasteiger partial charge in [0.25, 0.3) is 5.91 Å². The lowest BCUT2D eigenvalue weighted by molar-refractivity contribution is 0.0526. The van der Waals surface area contributed by atoms with Crippen molar-refractivity contribution in [2.45, 2.75) is 19.1 Å². The number of pyridine rings is 1. The van der Waals surface area contributed by atoms with Gasteiger partial charge in [0.15, 0.2) is 0 Å². The second kappa shape index (κ2) is 10.3. The van der Waals surface area contributed by atoms with E-state index in [-0.39, 0.29) is 25.1 Å². The van der Waals surface area contributed by atoms with Gasteiger partial charge in [0, 0.05) is 56.1 Å². The van der Waals surface area contributed by atoms with Gasteiger partial charge in [-0.05, 0) is 37.3 Å². The molecular formula is C23H26Cl2N4O4. The van der Waals surface area contributed by atoms with Crippen LogP contribution in [0.3, 0.4) is 0 Å². The Hall–Kier alpha value is -2.39. The zero-order valence-electron chi connectivity index (χ0n) is 18.3. The first-order chi connectivity index (χ1) is 15.9. The topological polar surface area (TPSA) is 86.2 Å². The number of aliphatic hydroxyl groups is 1. The van der Waals surface area contributed by atoms with Crippen LogP contribution < -0.4 is 4.90 Å². The molecule has 2 saturated heterocycles. The predicted octanol–water partition coefficient (Wildman–Crippen LogP) is 2.57. The van der Waals surface area contributed by atoms with E-state index in [0.29, 0.717) is 59.7 Å². The molecule has 0 bridgehead atoms. The van der Waals surface area contributed by atoms with Gasteiger partial charge in [-0.15, -0.1) is 0 Å². The summed E-state index contributed by atoms with van der Waals surface area (Å²) in [5.74, 6) is -0.0205. The molecule has 2 unspecified atom stereocenters. The summed E-state index contributed by atoms with van der Waals surface area (Å²) in [7, 11) is 0. The molecule has 2 fully saturated rings. The van der Waals surface area contributed by atoms with Gasteiger partial charge in [-0.1, -0.05) is 23.2 Å². The minimum atomic E-state index is -0.628. The van der Waals surface area contributed by atoms with Crippen LogP contribution in [-0.2, 0) is 4.74 Å². The summed E-state index contributed by atoms with van der Waals surface area (Å²) in [5, 5.41) is 11.6. The van der Waals surface area contributed by atoms with E-state index in [0.717, 1.165) is 0 Å². The van der Waals surface area contributed by atoms with Crippen LogP contribution >= 0.6 is 23.2 Å². The van der Waals surface area contributed by atoms with E-state index in [1.54, 1.807) is 42.2 Å². The SMILES string of the molecule is CCOC(=O)c1cc(Cl)cnc1N1CCN(C2CN(C(=O)c3ccc(Cl)cc3)CC2O)CC1. The lowest BCUT2D eigenvalue weighted by Crippen LogP contribution is -2.54. The predicted molar refractivity (Wildman–Crippen MR) is 126 cm³/mol. The summed E-state index contributed by atoms with van der Waals surface area (Å²) in [4.78, 5) is 35.5. The average Bonchev–Trinajstić information content (AvgIpc) is 3.21. The quantitative estimate of drug-likeness (QED) is 0.641. The number of hydrogen-bond donors (Lipinski definition) is 1. The zero-order valence-corrected chi connectivity index (χ0v) is 19.8. The van der Waals surface area contributed by atoms with Crippen LogP contribution in [0.5, 0.6) is 0 Å². The molecule has 2 aromatic rings. The van der Waals surface area contributed by atoms with Gasteiger partial charge >= 0.3 is 5.97 Å². The zero-order chi connectivity index (χ0) is 23.5. The first kappa shape index (κ1) is 23.8. The summed E-state index contributed by atoms with van der Waals surface area (Å²) in [5.41, 5.74) is 0.899. The number of β-amino-alcohol motifs (C(OH)–C–C–N with tert-alkyl or cyclic N) is 1. The molecule has 1 amide bonds. The molecule has 4 rings (SSSR count). The van der Waals surface area contributed by atoms with Gasteiger partial charge < -0.3 is 19.6 Å². The van der Waals surface area contributed by atoms with Crippen molar-refractivity contribution in [2.24, 2.45) is 0 Å². The Balaban J connectivity index is 1.40. The number of aliphatic hydroxyl groups excluding tert-OH is 1. The van der Waals surface area contributed by atoms with Crippen LogP contribution in [0.15, 0.2) is 36.5 Å². The fraction of sp³-hybridized carbons (Fsp3) is 0.435. The molecule has 8 nitrogen and oxygen atoms in total. The summed E-state index contributed by atoms with van der Waals surface area (Å²) in [6.45, 7) is 5.33. The van der Waals surface area contributed by atoms with Gasteiger partial charge in [-0.3, -0.25) is 9.69 Å². The van der Waals surface area contributed by atoms with E-state index in [1.165, 1.54) is 6.20 Å². The number of carbonyl (C=O) groups excluding carboxylic acids is 2. The molecule has 2 aliphatic heterocycles. The van der Waals surface area contributed by atoms with Crippen molar-refractivity contribution < 1.29 is 19.4 Å². The Labute approximate surface area is 202 Å². The molecule has 1 aromatic carbocycles. The number of benzene rings is 1. The van der Waals surface area contributed by atoms with Crippen molar-refractivity contribution >= 4 is 40.9 Å². The highest BCUT2D eigenvalue weighted by Crippen LogP contribution is 2.26. The number of halogens is 2. The minimum absolute atomic E-state index is 0.115. The molecule has 2 aliphatic rings. The van der Waals surface area contributed by atoms with Crippen molar-refractivity contribution in [3.05, 3.63) is 57.7 Å². The first-order valence-corrected chi connectivity index (χ1v) is 11.7.